The number of benzene rings is 1. The summed E-state index contributed by atoms with van der Waals surface area (Å²) >= 11 is 0. The number of aliphatic hydroxyl groups excluding tert-OH is 1. The van der Waals surface area contributed by atoms with Gasteiger partial charge >= 0.3 is 0 Å². The normalized spacial score (nSPS) is 19.4. The molecule has 0 heterocycles. The molecule has 1 aromatic rings. The summed E-state index contributed by atoms with van der Waals surface area (Å²) in [6.07, 6.45) is 3.17. The van der Waals surface area contributed by atoms with Gasteiger partial charge in [0.15, 0.2) is 0 Å². The van der Waals surface area contributed by atoms with E-state index in [1.165, 1.54) is 0 Å². The van der Waals surface area contributed by atoms with E-state index in [4.69, 9.17) is 4.74 Å². The van der Waals surface area contributed by atoms with Crippen LogP contribution in [-0.2, 0) is 4.74 Å². The summed E-state index contributed by atoms with van der Waals surface area (Å²) < 4.78 is 19.1. The van der Waals surface area contributed by atoms with Gasteiger partial charge in [0.2, 0.25) is 0 Å². The molecule has 0 aliphatic heterocycles. The molecule has 0 saturated heterocycles. The average molecular weight is 252 g/mol. The summed E-state index contributed by atoms with van der Waals surface area (Å²) in [6.45, 7) is 3.46. The molecule has 1 fully saturated rings. The van der Waals surface area contributed by atoms with Gasteiger partial charge in [-0.1, -0.05) is 12.1 Å². The van der Waals surface area contributed by atoms with Gasteiger partial charge in [-0.05, 0) is 49.8 Å². The van der Waals surface area contributed by atoms with E-state index in [-0.39, 0.29) is 11.4 Å². The Morgan fingerprint density at radius 2 is 1.89 bits per heavy atom. The molecule has 100 valence electrons. The fraction of sp³-hybridized carbons (Fsp3) is 0.600. The summed E-state index contributed by atoms with van der Waals surface area (Å²) in [6, 6.07) is 3.46. The van der Waals surface area contributed by atoms with Crippen molar-refractivity contribution in [2.24, 2.45) is 0 Å². The van der Waals surface area contributed by atoms with Gasteiger partial charge in [-0.2, -0.15) is 0 Å². The highest BCUT2D eigenvalue weighted by Crippen LogP contribution is 2.42. The number of hydrogen-bond acceptors (Lipinski definition) is 2. The van der Waals surface area contributed by atoms with E-state index < -0.39 is 6.10 Å². The monoisotopic (exact) mass is 252 g/mol. The Kier molecular flexibility index (Phi) is 3.74. The molecule has 0 spiro atoms. The minimum Gasteiger partial charge on any atom is -0.388 e. The standard InChI is InChI=1S/C15H21FO2/c1-10-7-12(8-11(2)14(10)16)13(17)9-15(18-3)5-4-6-15/h7-8,13,17H,4-6,9H2,1-3H3. The molecule has 1 saturated carbocycles. The lowest BCUT2D eigenvalue weighted by Crippen LogP contribution is -2.40. The predicted molar refractivity (Wildman–Crippen MR) is 69.0 cm³/mol. The molecule has 0 radical (unpaired) electrons. The second-order valence-electron chi connectivity index (χ2n) is 5.43. The van der Waals surface area contributed by atoms with Crippen LogP contribution in [0, 0.1) is 19.7 Å². The van der Waals surface area contributed by atoms with E-state index in [1.807, 2.05) is 0 Å². The first-order valence-electron chi connectivity index (χ1n) is 6.47. The molecule has 1 N–H and O–H groups in total. The van der Waals surface area contributed by atoms with Gasteiger partial charge in [-0.3, -0.25) is 0 Å². The van der Waals surface area contributed by atoms with Crippen LogP contribution in [0.2, 0.25) is 0 Å². The summed E-state index contributed by atoms with van der Waals surface area (Å²) in [5.74, 6) is -0.184. The molecule has 1 aliphatic rings. The minimum atomic E-state index is -0.580. The SMILES string of the molecule is COC1(CC(O)c2cc(C)c(F)c(C)c2)CCC1. The number of halogens is 1. The van der Waals surface area contributed by atoms with E-state index in [9.17, 15) is 9.50 Å². The molecular weight excluding hydrogens is 231 g/mol. The topological polar surface area (TPSA) is 29.5 Å². The molecule has 1 aromatic carbocycles. The third-order valence-electron chi connectivity index (χ3n) is 4.11. The molecule has 0 bridgehead atoms. The number of methoxy groups -OCH3 is 1. The second kappa shape index (κ2) is 4.98. The maximum Gasteiger partial charge on any atom is 0.129 e. The number of rotatable bonds is 4. The van der Waals surface area contributed by atoms with Crippen molar-refractivity contribution in [2.45, 2.75) is 51.2 Å². The van der Waals surface area contributed by atoms with Crippen molar-refractivity contribution in [3.8, 4) is 0 Å². The zero-order valence-electron chi connectivity index (χ0n) is 11.3. The largest absolute Gasteiger partial charge is 0.388 e. The highest BCUT2D eigenvalue weighted by atomic mass is 19.1. The van der Waals surface area contributed by atoms with Crippen molar-refractivity contribution in [1.29, 1.82) is 0 Å². The lowest BCUT2D eigenvalue weighted by Gasteiger charge is -2.42. The first-order chi connectivity index (χ1) is 8.47. The van der Waals surface area contributed by atoms with Crippen LogP contribution < -0.4 is 0 Å². The quantitative estimate of drug-likeness (QED) is 0.889. The predicted octanol–water partition coefficient (Wildman–Crippen LogP) is 3.44. The van der Waals surface area contributed by atoms with Crippen molar-refractivity contribution in [1.82, 2.24) is 0 Å². The van der Waals surface area contributed by atoms with E-state index >= 15 is 0 Å². The van der Waals surface area contributed by atoms with Gasteiger partial charge in [0.25, 0.3) is 0 Å². The smallest absolute Gasteiger partial charge is 0.129 e. The molecule has 1 aliphatic carbocycles. The molecule has 1 atom stereocenters. The Morgan fingerprint density at radius 3 is 2.28 bits per heavy atom. The number of ether oxygens (including phenoxy) is 1. The van der Waals surface area contributed by atoms with E-state index in [0.29, 0.717) is 17.5 Å². The van der Waals surface area contributed by atoms with Gasteiger partial charge in [0, 0.05) is 13.5 Å². The Labute approximate surface area is 108 Å². The van der Waals surface area contributed by atoms with Crippen molar-refractivity contribution in [3.05, 3.63) is 34.6 Å². The zero-order chi connectivity index (χ0) is 13.3. The lowest BCUT2D eigenvalue weighted by molar-refractivity contribution is -0.0999. The fourth-order valence-corrected chi connectivity index (χ4v) is 2.70. The van der Waals surface area contributed by atoms with Crippen LogP contribution in [0.15, 0.2) is 12.1 Å². The number of aliphatic hydroxyl groups is 1. The maximum absolute atomic E-state index is 13.5. The highest BCUT2D eigenvalue weighted by molar-refractivity contribution is 5.32. The third-order valence-corrected chi connectivity index (χ3v) is 4.11. The van der Waals surface area contributed by atoms with E-state index in [0.717, 1.165) is 24.8 Å². The Morgan fingerprint density at radius 1 is 1.33 bits per heavy atom. The maximum atomic E-state index is 13.5. The summed E-state index contributed by atoms with van der Waals surface area (Å²) in [5, 5.41) is 10.3. The van der Waals surface area contributed by atoms with Gasteiger partial charge in [0.1, 0.15) is 5.82 Å². The van der Waals surface area contributed by atoms with Crippen molar-refractivity contribution in [3.63, 3.8) is 0 Å². The summed E-state index contributed by atoms with van der Waals surface area (Å²) in [7, 11) is 1.70. The zero-order valence-corrected chi connectivity index (χ0v) is 11.3. The summed E-state index contributed by atoms with van der Waals surface area (Å²) in [5.41, 5.74) is 1.79. The molecular formula is C15H21FO2. The van der Waals surface area contributed by atoms with Crippen LogP contribution in [0.4, 0.5) is 4.39 Å². The van der Waals surface area contributed by atoms with Gasteiger partial charge in [0.05, 0.1) is 11.7 Å². The molecule has 2 rings (SSSR count). The lowest BCUT2D eigenvalue weighted by atomic mass is 9.75. The molecule has 2 nitrogen and oxygen atoms in total. The van der Waals surface area contributed by atoms with Crippen molar-refractivity contribution < 1.29 is 14.2 Å². The third kappa shape index (κ3) is 2.43. The van der Waals surface area contributed by atoms with Crippen molar-refractivity contribution in [2.75, 3.05) is 7.11 Å². The van der Waals surface area contributed by atoms with Crippen LogP contribution in [-0.4, -0.2) is 17.8 Å². The highest BCUT2D eigenvalue weighted by Gasteiger charge is 2.39. The van der Waals surface area contributed by atoms with Gasteiger partial charge < -0.3 is 9.84 Å². The first kappa shape index (κ1) is 13.5. The fourth-order valence-electron chi connectivity index (χ4n) is 2.70. The molecule has 0 amide bonds. The molecule has 1 unspecified atom stereocenters. The van der Waals surface area contributed by atoms with Gasteiger partial charge in [-0.15, -0.1) is 0 Å². The second-order valence-corrected chi connectivity index (χ2v) is 5.43. The Hall–Kier alpha value is -0.930. The van der Waals surface area contributed by atoms with Crippen LogP contribution in [0.25, 0.3) is 0 Å². The number of aryl methyl sites for hydroxylation is 2. The van der Waals surface area contributed by atoms with Crippen LogP contribution >= 0.6 is 0 Å². The van der Waals surface area contributed by atoms with E-state index in [1.54, 1.807) is 33.1 Å². The molecule has 18 heavy (non-hydrogen) atoms. The van der Waals surface area contributed by atoms with Crippen LogP contribution in [0.3, 0.4) is 0 Å². The van der Waals surface area contributed by atoms with Crippen molar-refractivity contribution >= 4 is 0 Å². The minimum absolute atomic E-state index is 0.171. The summed E-state index contributed by atoms with van der Waals surface area (Å²) in [4.78, 5) is 0. The molecule has 3 heteroatoms. The Bertz CT molecular complexity index is 410. The first-order valence-corrected chi connectivity index (χ1v) is 6.47. The van der Waals surface area contributed by atoms with Crippen LogP contribution in [0.1, 0.15) is 48.5 Å². The molecule has 0 aromatic heterocycles. The van der Waals surface area contributed by atoms with Crippen LogP contribution in [0.5, 0.6) is 0 Å². The Balaban J connectivity index is 2.16. The average Bonchev–Trinajstić information content (AvgIpc) is 2.29. The van der Waals surface area contributed by atoms with Gasteiger partial charge in [-0.25, -0.2) is 4.39 Å². The van der Waals surface area contributed by atoms with E-state index in [2.05, 4.69) is 0 Å². The number of hydrogen-bond donors (Lipinski definition) is 1.